The standard InChI is InChI=1S/C16H16N4/c1-2-6-15-14(5-1)19-16(20-15)18-13-7-3-4-11-8-9-17-10-12(11)13/h1-2,5-6,8-10,13H,3-4,7H2,(H2,18,19,20). The molecular formula is C16H16N4. The third-order valence-corrected chi connectivity index (χ3v) is 3.96. The largest absolute Gasteiger partial charge is 0.349 e. The quantitative estimate of drug-likeness (QED) is 0.745. The van der Waals surface area contributed by atoms with Crippen molar-refractivity contribution in [1.82, 2.24) is 15.0 Å². The summed E-state index contributed by atoms with van der Waals surface area (Å²) in [4.78, 5) is 12.2. The van der Waals surface area contributed by atoms with Gasteiger partial charge in [0.15, 0.2) is 0 Å². The van der Waals surface area contributed by atoms with E-state index in [1.165, 1.54) is 17.5 Å². The average Bonchev–Trinajstić information content (AvgIpc) is 2.90. The van der Waals surface area contributed by atoms with E-state index < -0.39 is 0 Å². The number of aryl methyl sites for hydroxylation is 1. The Hall–Kier alpha value is -2.36. The fourth-order valence-electron chi connectivity index (χ4n) is 2.97. The van der Waals surface area contributed by atoms with E-state index >= 15 is 0 Å². The zero-order chi connectivity index (χ0) is 13.4. The van der Waals surface area contributed by atoms with Gasteiger partial charge in [0.2, 0.25) is 5.95 Å². The molecule has 100 valence electrons. The first-order chi connectivity index (χ1) is 9.90. The van der Waals surface area contributed by atoms with Crippen LogP contribution in [0, 0.1) is 0 Å². The van der Waals surface area contributed by atoms with Crippen LogP contribution in [-0.2, 0) is 6.42 Å². The number of aromatic amines is 1. The second-order valence-electron chi connectivity index (χ2n) is 5.27. The lowest BCUT2D eigenvalue weighted by atomic mass is 9.89. The van der Waals surface area contributed by atoms with Crippen molar-refractivity contribution in [3.8, 4) is 0 Å². The van der Waals surface area contributed by atoms with Crippen LogP contribution >= 0.6 is 0 Å². The zero-order valence-corrected chi connectivity index (χ0v) is 11.1. The highest BCUT2D eigenvalue weighted by Crippen LogP contribution is 2.31. The number of pyridine rings is 1. The number of H-pyrrole nitrogens is 1. The number of para-hydroxylation sites is 2. The van der Waals surface area contributed by atoms with Gasteiger partial charge in [-0.3, -0.25) is 4.98 Å². The molecule has 0 spiro atoms. The Morgan fingerprint density at radius 2 is 2.15 bits per heavy atom. The highest BCUT2D eigenvalue weighted by molar-refractivity contribution is 5.77. The van der Waals surface area contributed by atoms with Gasteiger partial charge in [-0.2, -0.15) is 0 Å². The van der Waals surface area contributed by atoms with Crippen LogP contribution in [0.15, 0.2) is 42.7 Å². The van der Waals surface area contributed by atoms with Crippen molar-refractivity contribution in [2.45, 2.75) is 25.3 Å². The van der Waals surface area contributed by atoms with Crippen LogP contribution in [-0.4, -0.2) is 15.0 Å². The number of hydrogen-bond acceptors (Lipinski definition) is 3. The van der Waals surface area contributed by atoms with E-state index in [2.05, 4.69) is 26.3 Å². The maximum atomic E-state index is 4.59. The minimum atomic E-state index is 0.299. The molecule has 20 heavy (non-hydrogen) atoms. The van der Waals surface area contributed by atoms with Gasteiger partial charge < -0.3 is 10.3 Å². The van der Waals surface area contributed by atoms with Crippen molar-refractivity contribution in [1.29, 1.82) is 0 Å². The number of nitrogens with one attached hydrogen (secondary N) is 2. The first-order valence-electron chi connectivity index (χ1n) is 7.04. The van der Waals surface area contributed by atoms with E-state index in [1.54, 1.807) is 0 Å². The molecule has 2 heterocycles. The summed E-state index contributed by atoms with van der Waals surface area (Å²) in [6, 6.07) is 10.5. The van der Waals surface area contributed by atoms with Gasteiger partial charge >= 0.3 is 0 Å². The van der Waals surface area contributed by atoms with Gasteiger partial charge in [-0.05, 0) is 48.6 Å². The van der Waals surface area contributed by atoms with Gasteiger partial charge in [0.25, 0.3) is 0 Å². The predicted molar refractivity (Wildman–Crippen MR) is 79.6 cm³/mol. The van der Waals surface area contributed by atoms with Crippen molar-refractivity contribution in [2.24, 2.45) is 0 Å². The fourth-order valence-corrected chi connectivity index (χ4v) is 2.97. The van der Waals surface area contributed by atoms with Gasteiger partial charge in [-0.15, -0.1) is 0 Å². The number of nitrogens with zero attached hydrogens (tertiary/aromatic N) is 2. The fraction of sp³-hybridized carbons (Fsp3) is 0.250. The molecule has 0 fully saturated rings. The van der Waals surface area contributed by atoms with E-state index in [4.69, 9.17) is 0 Å². The summed E-state index contributed by atoms with van der Waals surface area (Å²) in [6.45, 7) is 0. The van der Waals surface area contributed by atoms with Crippen molar-refractivity contribution < 1.29 is 0 Å². The minimum Gasteiger partial charge on any atom is -0.349 e. The van der Waals surface area contributed by atoms with Gasteiger partial charge in [0.1, 0.15) is 0 Å². The number of fused-ring (bicyclic) bond motifs is 2. The summed E-state index contributed by atoms with van der Waals surface area (Å²) in [5, 5.41) is 3.52. The van der Waals surface area contributed by atoms with E-state index in [0.717, 1.165) is 29.8 Å². The first kappa shape index (κ1) is 11.5. The smallest absolute Gasteiger partial charge is 0.201 e. The Bertz CT molecular complexity index is 714. The molecule has 1 unspecified atom stereocenters. The van der Waals surface area contributed by atoms with Crippen LogP contribution in [0.4, 0.5) is 5.95 Å². The van der Waals surface area contributed by atoms with Crippen LogP contribution < -0.4 is 5.32 Å². The molecule has 1 aliphatic carbocycles. The summed E-state index contributed by atoms with van der Waals surface area (Å²) < 4.78 is 0. The maximum absolute atomic E-state index is 4.59. The van der Waals surface area contributed by atoms with Gasteiger partial charge in [0, 0.05) is 12.4 Å². The molecule has 0 aliphatic heterocycles. The van der Waals surface area contributed by atoms with Gasteiger partial charge in [-0.1, -0.05) is 12.1 Å². The Morgan fingerprint density at radius 1 is 1.20 bits per heavy atom. The van der Waals surface area contributed by atoms with Crippen molar-refractivity contribution in [3.63, 3.8) is 0 Å². The van der Waals surface area contributed by atoms with Gasteiger partial charge in [0.05, 0.1) is 17.1 Å². The van der Waals surface area contributed by atoms with Crippen LogP contribution in [0.5, 0.6) is 0 Å². The third-order valence-electron chi connectivity index (χ3n) is 3.96. The monoisotopic (exact) mass is 264 g/mol. The summed E-state index contributed by atoms with van der Waals surface area (Å²) in [6.07, 6.45) is 7.33. The van der Waals surface area contributed by atoms with Crippen LogP contribution in [0.2, 0.25) is 0 Å². The molecule has 1 aliphatic rings. The van der Waals surface area contributed by atoms with E-state index in [1.807, 2.05) is 36.7 Å². The van der Waals surface area contributed by atoms with E-state index in [0.29, 0.717) is 6.04 Å². The summed E-state index contributed by atoms with van der Waals surface area (Å²) in [5.41, 5.74) is 4.77. The topological polar surface area (TPSA) is 53.6 Å². The van der Waals surface area contributed by atoms with Crippen LogP contribution in [0.25, 0.3) is 11.0 Å². The summed E-state index contributed by atoms with van der Waals surface area (Å²) in [5.74, 6) is 0.841. The molecule has 0 bridgehead atoms. The van der Waals surface area contributed by atoms with E-state index in [-0.39, 0.29) is 0 Å². The second kappa shape index (κ2) is 4.63. The van der Waals surface area contributed by atoms with Crippen molar-refractivity contribution >= 4 is 17.0 Å². The number of aromatic nitrogens is 3. The maximum Gasteiger partial charge on any atom is 0.201 e. The number of rotatable bonds is 2. The molecule has 0 amide bonds. The molecule has 2 aromatic heterocycles. The molecule has 1 aromatic carbocycles. The molecule has 0 saturated carbocycles. The molecule has 2 N–H and O–H groups in total. The lowest BCUT2D eigenvalue weighted by Gasteiger charge is -2.25. The van der Waals surface area contributed by atoms with Crippen molar-refractivity contribution in [3.05, 3.63) is 53.9 Å². The molecule has 3 aromatic rings. The minimum absolute atomic E-state index is 0.299. The van der Waals surface area contributed by atoms with Gasteiger partial charge in [-0.25, -0.2) is 4.98 Å². The number of hydrogen-bond donors (Lipinski definition) is 2. The normalized spacial score (nSPS) is 17.9. The number of benzene rings is 1. The predicted octanol–water partition coefficient (Wildman–Crippen LogP) is 3.45. The Morgan fingerprint density at radius 3 is 3.10 bits per heavy atom. The highest BCUT2D eigenvalue weighted by atomic mass is 15.1. The molecule has 0 radical (unpaired) electrons. The van der Waals surface area contributed by atoms with Crippen LogP contribution in [0.3, 0.4) is 0 Å². The second-order valence-corrected chi connectivity index (χ2v) is 5.27. The lowest BCUT2D eigenvalue weighted by molar-refractivity contribution is 0.594. The Kier molecular flexibility index (Phi) is 2.66. The third kappa shape index (κ3) is 1.93. The van der Waals surface area contributed by atoms with E-state index in [9.17, 15) is 0 Å². The SMILES string of the molecule is c1ccc2[nH]c(NC3CCCc4ccncc43)nc2c1. The number of anilines is 1. The summed E-state index contributed by atoms with van der Waals surface area (Å²) in [7, 11) is 0. The average molecular weight is 264 g/mol. The number of imidazole rings is 1. The highest BCUT2D eigenvalue weighted by Gasteiger charge is 2.20. The molecule has 0 saturated heterocycles. The molecule has 4 rings (SSSR count). The Balaban J connectivity index is 1.66. The summed E-state index contributed by atoms with van der Waals surface area (Å²) >= 11 is 0. The Labute approximate surface area is 117 Å². The lowest BCUT2D eigenvalue weighted by Crippen LogP contribution is -2.18. The molecular weight excluding hydrogens is 248 g/mol. The molecule has 4 heteroatoms. The molecule has 4 nitrogen and oxygen atoms in total. The zero-order valence-electron chi connectivity index (χ0n) is 11.1. The molecule has 1 atom stereocenters. The van der Waals surface area contributed by atoms with Crippen LogP contribution in [0.1, 0.15) is 30.0 Å². The van der Waals surface area contributed by atoms with Crippen molar-refractivity contribution in [2.75, 3.05) is 5.32 Å². The first-order valence-corrected chi connectivity index (χ1v) is 7.04.